The first-order valence-electron chi connectivity index (χ1n) is 11.7. The van der Waals surface area contributed by atoms with Gasteiger partial charge in [0.2, 0.25) is 10.0 Å². The number of anilines is 1. The average molecular weight is 551 g/mol. The molecule has 0 saturated carbocycles. The van der Waals surface area contributed by atoms with Crippen molar-refractivity contribution in [1.29, 1.82) is 0 Å². The lowest BCUT2D eigenvalue weighted by atomic mass is 9.89. The molecule has 1 aliphatic carbocycles. The molecule has 1 aliphatic heterocycles. The SMILES string of the molecule is CCOC1=CCC([C@@H]2CC(CNS(=O)(=O)c3cc(C)ccc3OC)=NN2c2ccc(Cl)cc2Cl)C=C1. The van der Waals surface area contributed by atoms with Crippen LogP contribution in [-0.4, -0.2) is 40.4 Å². The van der Waals surface area contributed by atoms with E-state index >= 15 is 0 Å². The summed E-state index contributed by atoms with van der Waals surface area (Å²) in [6.45, 7) is 4.46. The van der Waals surface area contributed by atoms with Gasteiger partial charge in [0.1, 0.15) is 16.4 Å². The van der Waals surface area contributed by atoms with Gasteiger partial charge in [0, 0.05) is 17.4 Å². The first kappa shape index (κ1) is 26.5. The molecule has 1 heterocycles. The van der Waals surface area contributed by atoms with Crippen molar-refractivity contribution in [2.45, 2.75) is 37.6 Å². The molecule has 0 radical (unpaired) electrons. The Bertz CT molecular complexity index is 1320. The van der Waals surface area contributed by atoms with Gasteiger partial charge in [0.15, 0.2) is 0 Å². The number of hydrazone groups is 1. The van der Waals surface area contributed by atoms with Gasteiger partial charge >= 0.3 is 0 Å². The second-order valence-electron chi connectivity index (χ2n) is 8.66. The number of halogens is 2. The zero-order chi connectivity index (χ0) is 25.9. The highest BCUT2D eigenvalue weighted by Crippen LogP contribution is 2.38. The number of sulfonamides is 1. The van der Waals surface area contributed by atoms with E-state index in [-0.39, 0.29) is 29.1 Å². The molecule has 10 heteroatoms. The monoisotopic (exact) mass is 549 g/mol. The molecule has 0 bridgehead atoms. The van der Waals surface area contributed by atoms with Crippen LogP contribution in [0.3, 0.4) is 0 Å². The summed E-state index contributed by atoms with van der Waals surface area (Å²) in [5.74, 6) is 1.28. The third kappa shape index (κ3) is 5.89. The molecule has 7 nitrogen and oxygen atoms in total. The van der Waals surface area contributed by atoms with Crippen LogP contribution >= 0.6 is 23.2 Å². The molecular formula is C26H29Cl2N3O4S. The fraction of sp³-hybridized carbons (Fsp3) is 0.346. The highest BCUT2D eigenvalue weighted by Gasteiger charge is 2.35. The molecule has 1 N–H and O–H groups in total. The van der Waals surface area contributed by atoms with E-state index in [4.69, 9.17) is 37.8 Å². The number of benzene rings is 2. The van der Waals surface area contributed by atoms with Gasteiger partial charge in [-0.05, 0) is 68.3 Å². The third-order valence-corrected chi connectivity index (χ3v) is 8.10. The number of aryl methyl sites for hydroxylation is 1. The first-order valence-corrected chi connectivity index (χ1v) is 13.9. The van der Waals surface area contributed by atoms with Crippen molar-refractivity contribution >= 4 is 44.6 Å². The molecule has 0 fully saturated rings. The van der Waals surface area contributed by atoms with Gasteiger partial charge in [0.05, 0.1) is 42.7 Å². The number of hydrogen-bond donors (Lipinski definition) is 1. The third-order valence-electron chi connectivity index (χ3n) is 6.14. The smallest absolute Gasteiger partial charge is 0.244 e. The summed E-state index contributed by atoms with van der Waals surface area (Å²) >= 11 is 12.7. The summed E-state index contributed by atoms with van der Waals surface area (Å²) in [6.07, 6.45) is 7.50. The van der Waals surface area contributed by atoms with E-state index in [1.54, 1.807) is 30.3 Å². The predicted octanol–water partition coefficient (Wildman–Crippen LogP) is 5.72. The van der Waals surface area contributed by atoms with Crippen molar-refractivity contribution in [3.63, 3.8) is 0 Å². The molecular weight excluding hydrogens is 521 g/mol. The number of nitrogens with zero attached hydrogens (tertiary/aromatic N) is 2. The van der Waals surface area contributed by atoms with Crippen molar-refractivity contribution in [3.05, 3.63) is 76.0 Å². The molecule has 0 amide bonds. The van der Waals surface area contributed by atoms with Crippen molar-refractivity contribution in [3.8, 4) is 5.75 Å². The van der Waals surface area contributed by atoms with E-state index in [0.717, 1.165) is 23.4 Å². The Balaban J connectivity index is 1.58. The standard InChI is InChI=1S/C26H29Cl2N3O4S/c1-4-35-21-9-6-18(7-10-21)24-15-20(30-31(24)23-11-8-19(27)14-22(23)28)16-29-36(32,33)26-13-17(2)5-12-25(26)34-3/h5-6,8-14,18,24,29H,4,7,15-16H2,1-3H3/t18?,24-/m0/s1. The van der Waals surface area contributed by atoms with Gasteiger partial charge in [-0.15, -0.1) is 0 Å². The molecule has 0 spiro atoms. The summed E-state index contributed by atoms with van der Waals surface area (Å²) in [5.41, 5.74) is 2.24. The lowest BCUT2D eigenvalue weighted by Gasteiger charge is -2.30. The van der Waals surface area contributed by atoms with Gasteiger partial charge in [-0.3, -0.25) is 5.01 Å². The first-order chi connectivity index (χ1) is 17.2. The van der Waals surface area contributed by atoms with Gasteiger partial charge < -0.3 is 9.47 Å². The van der Waals surface area contributed by atoms with Gasteiger partial charge in [-0.2, -0.15) is 5.10 Å². The van der Waals surface area contributed by atoms with Crippen molar-refractivity contribution in [1.82, 2.24) is 4.72 Å². The molecule has 36 heavy (non-hydrogen) atoms. The molecule has 4 rings (SSSR count). The topological polar surface area (TPSA) is 80.2 Å². The van der Waals surface area contributed by atoms with Crippen molar-refractivity contribution in [2.24, 2.45) is 11.0 Å². The summed E-state index contributed by atoms with van der Waals surface area (Å²) in [4.78, 5) is 0.0987. The Labute approximate surface area is 222 Å². The number of allylic oxidation sites excluding steroid dienone is 2. The molecule has 1 unspecified atom stereocenters. The zero-order valence-electron chi connectivity index (χ0n) is 20.4. The van der Waals surface area contributed by atoms with Crippen molar-refractivity contribution in [2.75, 3.05) is 25.3 Å². The van der Waals surface area contributed by atoms with E-state index in [9.17, 15) is 8.42 Å². The Morgan fingerprint density at radius 2 is 2.00 bits per heavy atom. The Morgan fingerprint density at radius 1 is 1.19 bits per heavy atom. The molecule has 2 aliphatic rings. The molecule has 0 aromatic heterocycles. The number of rotatable bonds is 9. The number of methoxy groups -OCH3 is 1. The van der Waals surface area contributed by atoms with E-state index in [1.165, 1.54) is 7.11 Å². The Morgan fingerprint density at radius 3 is 2.67 bits per heavy atom. The van der Waals surface area contributed by atoms with E-state index in [0.29, 0.717) is 28.8 Å². The maximum absolute atomic E-state index is 13.1. The normalized spacial score (nSPS) is 19.8. The highest BCUT2D eigenvalue weighted by atomic mass is 35.5. The van der Waals surface area contributed by atoms with E-state index < -0.39 is 10.0 Å². The predicted molar refractivity (Wildman–Crippen MR) is 145 cm³/mol. The van der Waals surface area contributed by atoms with Crippen LogP contribution in [0.15, 0.2) is 70.4 Å². The van der Waals surface area contributed by atoms with Crippen LogP contribution in [-0.2, 0) is 14.8 Å². The average Bonchev–Trinajstić information content (AvgIpc) is 3.27. The Kier molecular flexibility index (Phi) is 8.30. The maximum Gasteiger partial charge on any atom is 0.244 e. The fourth-order valence-electron chi connectivity index (χ4n) is 4.36. The molecule has 2 atom stereocenters. The van der Waals surface area contributed by atoms with Gasteiger partial charge in [-0.1, -0.05) is 35.3 Å². The largest absolute Gasteiger partial charge is 0.495 e. The quantitative estimate of drug-likeness (QED) is 0.432. The van der Waals surface area contributed by atoms with Crippen LogP contribution in [0.25, 0.3) is 0 Å². The lowest BCUT2D eigenvalue weighted by Crippen LogP contribution is -2.34. The second kappa shape index (κ2) is 11.3. The summed E-state index contributed by atoms with van der Waals surface area (Å²) in [6, 6.07) is 10.3. The Hall–Kier alpha value is -2.52. The molecule has 2 aromatic rings. The van der Waals surface area contributed by atoms with Crippen LogP contribution in [0.4, 0.5) is 5.69 Å². The summed E-state index contributed by atoms with van der Waals surface area (Å²) in [5, 5.41) is 7.69. The molecule has 2 aromatic carbocycles. The number of nitrogens with one attached hydrogen (secondary N) is 1. The number of ether oxygens (including phenoxy) is 2. The highest BCUT2D eigenvalue weighted by molar-refractivity contribution is 7.89. The maximum atomic E-state index is 13.1. The minimum Gasteiger partial charge on any atom is -0.495 e. The van der Waals surface area contributed by atoms with E-state index in [2.05, 4.69) is 16.9 Å². The zero-order valence-corrected chi connectivity index (χ0v) is 22.7. The summed E-state index contributed by atoms with van der Waals surface area (Å²) < 4.78 is 39.8. The van der Waals surface area contributed by atoms with Crippen LogP contribution in [0.1, 0.15) is 25.3 Å². The minimum absolute atomic E-state index is 0.0487. The van der Waals surface area contributed by atoms with Crippen LogP contribution in [0.5, 0.6) is 5.75 Å². The molecule has 192 valence electrons. The van der Waals surface area contributed by atoms with Crippen LogP contribution in [0, 0.1) is 12.8 Å². The van der Waals surface area contributed by atoms with E-state index in [1.807, 2.05) is 31.0 Å². The molecule has 0 saturated heterocycles. The minimum atomic E-state index is -3.82. The van der Waals surface area contributed by atoms with Crippen molar-refractivity contribution < 1.29 is 17.9 Å². The van der Waals surface area contributed by atoms with Gasteiger partial charge in [-0.25, -0.2) is 13.1 Å². The van der Waals surface area contributed by atoms with Crippen LogP contribution in [0.2, 0.25) is 10.0 Å². The fourth-order valence-corrected chi connectivity index (χ4v) is 6.13. The second-order valence-corrected chi connectivity index (χ2v) is 11.2. The van der Waals surface area contributed by atoms with Gasteiger partial charge in [0.25, 0.3) is 0 Å². The van der Waals surface area contributed by atoms with Crippen LogP contribution < -0.4 is 14.5 Å². The lowest BCUT2D eigenvalue weighted by molar-refractivity contribution is 0.238. The summed E-state index contributed by atoms with van der Waals surface area (Å²) in [7, 11) is -2.37. The number of hydrogen-bond acceptors (Lipinski definition) is 6.